The van der Waals surface area contributed by atoms with Crippen LogP contribution in [0.3, 0.4) is 0 Å². The summed E-state index contributed by atoms with van der Waals surface area (Å²) in [4.78, 5) is 4.56. The zero-order valence-electron chi connectivity index (χ0n) is 12.1. The predicted octanol–water partition coefficient (Wildman–Crippen LogP) is 4.23. The van der Waals surface area contributed by atoms with E-state index in [1.807, 2.05) is 35.6 Å². The molecule has 0 saturated heterocycles. The molecule has 1 N–H and O–H groups in total. The molecule has 0 bridgehead atoms. The third-order valence-corrected chi connectivity index (χ3v) is 4.07. The van der Waals surface area contributed by atoms with Crippen molar-refractivity contribution in [1.29, 1.82) is 0 Å². The van der Waals surface area contributed by atoms with Crippen LogP contribution in [-0.2, 0) is 0 Å². The number of hydrogen-bond acceptors (Lipinski definition) is 4. The highest BCUT2D eigenvalue weighted by Gasteiger charge is 2.14. The second kappa shape index (κ2) is 5.27. The molecule has 0 atom stereocenters. The topological polar surface area (TPSA) is 55.1 Å². The maximum atomic E-state index is 14.1. The van der Waals surface area contributed by atoms with Crippen molar-refractivity contribution < 1.29 is 4.39 Å². The SMILES string of the molecule is Cc1nnc2c(Nc3ccc(Br)cc3F)nc3ccccc3n12. The van der Waals surface area contributed by atoms with Gasteiger partial charge in [-0.25, -0.2) is 9.37 Å². The molecule has 4 aromatic rings. The fourth-order valence-corrected chi connectivity index (χ4v) is 2.86. The lowest BCUT2D eigenvalue weighted by molar-refractivity contribution is 0.631. The first-order chi connectivity index (χ1) is 11.1. The van der Waals surface area contributed by atoms with E-state index in [4.69, 9.17) is 0 Å². The predicted molar refractivity (Wildman–Crippen MR) is 90.4 cm³/mol. The van der Waals surface area contributed by atoms with Crippen molar-refractivity contribution >= 4 is 44.1 Å². The molecule has 0 aliphatic heterocycles. The summed E-state index contributed by atoms with van der Waals surface area (Å²) in [5.41, 5.74) is 2.58. The number of nitrogens with one attached hydrogen (secondary N) is 1. The highest BCUT2D eigenvalue weighted by atomic mass is 79.9. The zero-order chi connectivity index (χ0) is 16.0. The van der Waals surface area contributed by atoms with E-state index in [2.05, 4.69) is 36.4 Å². The third-order valence-electron chi connectivity index (χ3n) is 3.58. The minimum Gasteiger partial charge on any atom is -0.335 e. The zero-order valence-corrected chi connectivity index (χ0v) is 13.7. The Labute approximate surface area is 139 Å². The molecule has 2 aromatic heterocycles. The molecule has 0 radical (unpaired) electrons. The van der Waals surface area contributed by atoms with Gasteiger partial charge in [0.25, 0.3) is 0 Å². The van der Waals surface area contributed by atoms with Crippen LogP contribution in [0.4, 0.5) is 15.9 Å². The number of hydrogen-bond donors (Lipinski definition) is 1. The molecule has 0 unspecified atom stereocenters. The van der Waals surface area contributed by atoms with Gasteiger partial charge in [0.15, 0.2) is 5.82 Å². The van der Waals surface area contributed by atoms with E-state index in [0.717, 1.165) is 16.9 Å². The quantitative estimate of drug-likeness (QED) is 0.572. The second-order valence-corrected chi connectivity index (χ2v) is 6.02. The molecule has 0 saturated carbocycles. The molecular weight excluding hydrogens is 361 g/mol. The second-order valence-electron chi connectivity index (χ2n) is 5.10. The van der Waals surface area contributed by atoms with Crippen LogP contribution in [0.1, 0.15) is 5.82 Å². The lowest BCUT2D eigenvalue weighted by Gasteiger charge is -2.10. The molecule has 2 heterocycles. The van der Waals surface area contributed by atoms with Crippen LogP contribution in [0.2, 0.25) is 0 Å². The van der Waals surface area contributed by atoms with Gasteiger partial charge in [-0.15, -0.1) is 10.2 Å². The lowest BCUT2D eigenvalue weighted by Crippen LogP contribution is -2.02. The summed E-state index contributed by atoms with van der Waals surface area (Å²) in [6.45, 7) is 1.87. The summed E-state index contributed by atoms with van der Waals surface area (Å²) < 4.78 is 16.7. The third kappa shape index (κ3) is 2.33. The standard InChI is InChI=1S/C16H11BrFN5/c1-9-21-22-16-15(19-12-7-6-10(17)8-11(12)18)20-13-4-2-3-5-14(13)23(9)16/h2-8H,1H3,(H,19,20). The van der Waals surface area contributed by atoms with Crippen molar-refractivity contribution in [1.82, 2.24) is 19.6 Å². The molecule has 2 aromatic carbocycles. The summed E-state index contributed by atoms with van der Waals surface area (Å²) >= 11 is 3.25. The number of fused-ring (bicyclic) bond motifs is 3. The molecule has 4 rings (SSSR count). The summed E-state index contributed by atoms with van der Waals surface area (Å²) in [6.07, 6.45) is 0. The Morgan fingerprint density at radius 1 is 1.13 bits per heavy atom. The molecule has 0 spiro atoms. The van der Waals surface area contributed by atoms with Crippen molar-refractivity contribution in [2.24, 2.45) is 0 Å². The van der Waals surface area contributed by atoms with E-state index in [0.29, 0.717) is 21.6 Å². The van der Waals surface area contributed by atoms with Crippen molar-refractivity contribution in [2.75, 3.05) is 5.32 Å². The first-order valence-corrected chi connectivity index (χ1v) is 7.75. The Balaban J connectivity index is 1.95. The first-order valence-electron chi connectivity index (χ1n) is 6.96. The number of halogens is 2. The van der Waals surface area contributed by atoms with Crippen LogP contribution in [0.5, 0.6) is 0 Å². The maximum absolute atomic E-state index is 14.1. The summed E-state index contributed by atoms with van der Waals surface area (Å²) in [5.74, 6) is 0.840. The molecule has 0 fully saturated rings. The number of benzene rings is 2. The van der Waals surface area contributed by atoms with Gasteiger partial charge in [-0.05, 0) is 37.3 Å². The average Bonchev–Trinajstić information content (AvgIpc) is 2.93. The van der Waals surface area contributed by atoms with Gasteiger partial charge in [0.05, 0.1) is 16.7 Å². The van der Waals surface area contributed by atoms with Crippen molar-refractivity contribution in [3.8, 4) is 0 Å². The average molecular weight is 372 g/mol. The molecule has 0 aliphatic rings. The van der Waals surface area contributed by atoms with E-state index in [-0.39, 0.29) is 5.82 Å². The molecule has 5 nitrogen and oxygen atoms in total. The van der Waals surface area contributed by atoms with E-state index >= 15 is 0 Å². The summed E-state index contributed by atoms with van der Waals surface area (Å²) in [5, 5.41) is 11.3. The van der Waals surface area contributed by atoms with Gasteiger partial charge in [-0.2, -0.15) is 0 Å². The van der Waals surface area contributed by atoms with Gasteiger partial charge in [0.1, 0.15) is 11.6 Å². The van der Waals surface area contributed by atoms with Crippen LogP contribution in [0.15, 0.2) is 46.9 Å². The Morgan fingerprint density at radius 3 is 2.78 bits per heavy atom. The van der Waals surface area contributed by atoms with Crippen molar-refractivity contribution in [2.45, 2.75) is 6.92 Å². The van der Waals surface area contributed by atoms with Gasteiger partial charge in [-0.3, -0.25) is 4.40 Å². The Bertz CT molecular complexity index is 1040. The van der Waals surface area contributed by atoms with Crippen LogP contribution in [0, 0.1) is 12.7 Å². The summed E-state index contributed by atoms with van der Waals surface area (Å²) in [7, 11) is 0. The highest BCUT2D eigenvalue weighted by Crippen LogP contribution is 2.26. The van der Waals surface area contributed by atoms with E-state index < -0.39 is 0 Å². The smallest absolute Gasteiger partial charge is 0.204 e. The van der Waals surface area contributed by atoms with Crippen molar-refractivity contribution in [3.05, 3.63) is 58.6 Å². The van der Waals surface area contributed by atoms with Crippen LogP contribution < -0.4 is 5.32 Å². The first kappa shape index (κ1) is 14.1. The number of aromatic nitrogens is 4. The normalized spacial score (nSPS) is 11.3. The largest absolute Gasteiger partial charge is 0.335 e. The minimum absolute atomic E-state index is 0.332. The number of para-hydroxylation sites is 2. The van der Waals surface area contributed by atoms with Crippen LogP contribution in [-0.4, -0.2) is 19.6 Å². The van der Waals surface area contributed by atoms with Crippen LogP contribution >= 0.6 is 15.9 Å². The Hall–Kier alpha value is -2.54. The molecule has 0 aliphatic carbocycles. The highest BCUT2D eigenvalue weighted by molar-refractivity contribution is 9.10. The van der Waals surface area contributed by atoms with Gasteiger partial charge < -0.3 is 5.32 Å². The van der Waals surface area contributed by atoms with E-state index in [1.54, 1.807) is 12.1 Å². The van der Waals surface area contributed by atoms with Gasteiger partial charge in [0.2, 0.25) is 5.65 Å². The van der Waals surface area contributed by atoms with E-state index in [9.17, 15) is 4.39 Å². The Kier molecular flexibility index (Phi) is 3.23. The molecule has 23 heavy (non-hydrogen) atoms. The van der Waals surface area contributed by atoms with E-state index in [1.165, 1.54) is 6.07 Å². The lowest BCUT2D eigenvalue weighted by atomic mass is 10.3. The fourth-order valence-electron chi connectivity index (χ4n) is 2.52. The fraction of sp³-hybridized carbons (Fsp3) is 0.0625. The molecule has 0 amide bonds. The van der Waals surface area contributed by atoms with Crippen molar-refractivity contribution in [3.63, 3.8) is 0 Å². The molecular formula is C16H11BrFN5. The minimum atomic E-state index is -0.372. The molecule has 114 valence electrons. The number of aryl methyl sites for hydroxylation is 1. The summed E-state index contributed by atoms with van der Waals surface area (Å²) in [6, 6.07) is 12.5. The maximum Gasteiger partial charge on any atom is 0.204 e. The van der Waals surface area contributed by atoms with Crippen LogP contribution in [0.25, 0.3) is 16.7 Å². The Morgan fingerprint density at radius 2 is 1.96 bits per heavy atom. The van der Waals surface area contributed by atoms with Gasteiger partial charge in [-0.1, -0.05) is 28.1 Å². The number of nitrogens with zero attached hydrogens (tertiary/aromatic N) is 4. The van der Waals surface area contributed by atoms with Gasteiger partial charge >= 0.3 is 0 Å². The number of anilines is 2. The number of rotatable bonds is 2. The van der Waals surface area contributed by atoms with Gasteiger partial charge in [0, 0.05) is 4.47 Å². The monoisotopic (exact) mass is 371 g/mol. The molecule has 7 heteroatoms.